The van der Waals surface area contributed by atoms with Crippen LogP contribution in [0.1, 0.15) is 5.56 Å². The van der Waals surface area contributed by atoms with Crippen LogP contribution >= 0.6 is 22.6 Å². The molecule has 4 amide bonds. The molecule has 144 valence electrons. The molecule has 0 aliphatic carbocycles. The average Bonchev–Trinajstić information content (AvgIpc) is 2.62. The summed E-state index contributed by atoms with van der Waals surface area (Å²) in [4.78, 5) is 41.5. The third-order valence-corrected chi connectivity index (χ3v) is 4.76. The van der Waals surface area contributed by atoms with Gasteiger partial charge in [-0.05, 0) is 52.9 Å². The molecule has 0 radical (unpaired) electrons. The van der Waals surface area contributed by atoms with Gasteiger partial charge in [-0.2, -0.15) is 13.2 Å². The van der Waals surface area contributed by atoms with Crippen LogP contribution in [-0.4, -0.2) is 24.1 Å². The van der Waals surface area contributed by atoms with Gasteiger partial charge in [0, 0.05) is 9.78 Å². The van der Waals surface area contributed by atoms with Crippen molar-refractivity contribution < 1.29 is 27.6 Å². The highest BCUT2D eigenvalue weighted by atomic mass is 127. The van der Waals surface area contributed by atoms with Crippen molar-refractivity contribution in [2.45, 2.75) is 6.18 Å². The van der Waals surface area contributed by atoms with Crippen LogP contribution in [0.4, 0.5) is 29.3 Å². The second-order valence-electron chi connectivity index (χ2n) is 5.72. The Bertz CT molecular complexity index is 991. The van der Waals surface area contributed by atoms with Gasteiger partial charge in [-0.1, -0.05) is 18.2 Å². The molecule has 10 heteroatoms. The highest BCUT2D eigenvalue weighted by molar-refractivity contribution is 14.1. The van der Waals surface area contributed by atoms with Crippen molar-refractivity contribution in [3.63, 3.8) is 0 Å². The molecule has 0 aromatic heterocycles. The van der Waals surface area contributed by atoms with E-state index in [0.29, 0.717) is 16.7 Å². The van der Waals surface area contributed by atoms with Gasteiger partial charge in [0.2, 0.25) is 5.91 Å². The molecular formula is C18H11F3IN3O3. The number of amides is 4. The number of rotatable bonds is 3. The fourth-order valence-corrected chi connectivity index (χ4v) is 3.03. The second-order valence-corrected chi connectivity index (χ2v) is 6.89. The van der Waals surface area contributed by atoms with Gasteiger partial charge >= 0.3 is 12.2 Å². The molecule has 28 heavy (non-hydrogen) atoms. The normalized spacial score (nSPS) is 17.9. The van der Waals surface area contributed by atoms with E-state index in [0.717, 1.165) is 21.9 Å². The highest BCUT2D eigenvalue weighted by Crippen LogP contribution is 2.32. The van der Waals surface area contributed by atoms with Gasteiger partial charge in [-0.3, -0.25) is 19.9 Å². The van der Waals surface area contributed by atoms with E-state index in [4.69, 9.17) is 0 Å². The minimum absolute atomic E-state index is 0.294. The van der Waals surface area contributed by atoms with Gasteiger partial charge in [-0.15, -0.1) is 0 Å². The Morgan fingerprint density at radius 1 is 1.07 bits per heavy atom. The number of hydrogen-bond acceptors (Lipinski definition) is 4. The summed E-state index contributed by atoms with van der Waals surface area (Å²) in [6, 6.07) is 9.56. The first kappa shape index (κ1) is 20.0. The number of alkyl halides is 3. The number of hydrogen-bond donors (Lipinski definition) is 1. The minimum atomic E-state index is -4.65. The largest absolute Gasteiger partial charge is 0.416 e. The summed E-state index contributed by atoms with van der Waals surface area (Å²) in [6.07, 6.45) is -3.58. The lowest BCUT2D eigenvalue weighted by molar-refractivity contribution is -0.138. The van der Waals surface area contributed by atoms with E-state index in [1.165, 1.54) is 6.07 Å². The van der Waals surface area contributed by atoms with Gasteiger partial charge in [0.1, 0.15) is 0 Å². The molecule has 2 aromatic carbocycles. The van der Waals surface area contributed by atoms with Crippen molar-refractivity contribution in [3.8, 4) is 0 Å². The Kier molecular flexibility index (Phi) is 5.49. The van der Waals surface area contributed by atoms with Crippen LogP contribution in [0.5, 0.6) is 0 Å². The lowest BCUT2D eigenvalue weighted by Gasteiger charge is -2.28. The maximum atomic E-state index is 12.9. The van der Waals surface area contributed by atoms with Crippen molar-refractivity contribution in [2.24, 2.45) is 10.9 Å². The zero-order chi connectivity index (χ0) is 20.5. The van der Waals surface area contributed by atoms with E-state index in [2.05, 4.69) is 4.99 Å². The first-order valence-corrected chi connectivity index (χ1v) is 8.91. The molecule has 0 unspecified atom stereocenters. The topological polar surface area (TPSA) is 78.8 Å². The molecule has 1 aliphatic rings. The molecule has 0 saturated carbocycles. The number of carbonyl (C=O) groups excluding carboxylic acids is 3. The highest BCUT2D eigenvalue weighted by Gasteiger charge is 2.41. The van der Waals surface area contributed by atoms with E-state index in [1.807, 2.05) is 27.9 Å². The Morgan fingerprint density at radius 3 is 2.46 bits per heavy atom. The maximum absolute atomic E-state index is 12.9. The number of halogens is 4. The Hall–Kier alpha value is -2.76. The van der Waals surface area contributed by atoms with Crippen LogP contribution in [0.25, 0.3) is 0 Å². The predicted octanol–water partition coefficient (Wildman–Crippen LogP) is 3.91. The number of nitrogens with zero attached hydrogens (tertiary/aromatic N) is 2. The smallest absolute Gasteiger partial charge is 0.276 e. The first-order chi connectivity index (χ1) is 13.2. The average molecular weight is 501 g/mol. The molecule has 1 saturated heterocycles. The number of imide groups is 2. The Morgan fingerprint density at radius 2 is 1.79 bits per heavy atom. The van der Waals surface area contributed by atoms with Crippen molar-refractivity contribution in [1.29, 1.82) is 0 Å². The van der Waals surface area contributed by atoms with E-state index in [-0.39, 0.29) is 5.69 Å². The molecular weight excluding hydrogens is 490 g/mol. The molecule has 1 atom stereocenters. The quantitative estimate of drug-likeness (QED) is 0.394. The first-order valence-electron chi connectivity index (χ1n) is 7.83. The van der Waals surface area contributed by atoms with Crippen LogP contribution in [-0.2, 0) is 15.8 Å². The number of carbonyl (C=O) groups is 3. The minimum Gasteiger partial charge on any atom is -0.276 e. The zero-order valence-corrected chi connectivity index (χ0v) is 16.1. The third kappa shape index (κ3) is 4.06. The van der Waals surface area contributed by atoms with Crippen LogP contribution in [0.3, 0.4) is 0 Å². The number of anilines is 1. The molecule has 6 nitrogen and oxygen atoms in total. The van der Waals surface area contributed by atoms with E-state index in [9.17, 15) is 27.6 Å². The summed E-state index contributed by atoms with van der Waals surface area (Å²) in [5, 5.41) is 1.97. The maximum Gasteiger partial charge on any atom is 0.416 e. The summed E-state index contributed by atoms with van der Waals surface area (Å²) in [5.41, 5.74) is -0.810. The number of benzene rings is 2. The number of nitrogens with one attached hydrogen (secondary N) is 1. The summed E-state index contributed by atoms with van der Waals surface area (Å²) >= 11 is 2.02. The molecule has 0 spiro atoms. The van der Waals surface area contributed by atoms with Gasteiger partial charge in [0.05, 0.1) is 16.9 Å². The van der Waals surface area contributed by atoms with Gasteiger partial charge in [0.15, 0.2) is 5.92 Å². The molecule has 2 aromatic rings. The Balaban J connectivity index is 1.94. The van der Waals surface area contributed by atoms with Crippen LogP contribution < -0.4 is 10.2 Å². The van der Waals surface area contributed by atoms with E-state index < -0.39 is 35.5 Å². The second kappa shape index (κ2) is 7.70. The van der Waals surface area contributed by atoms with Gasteiger partial charge in [-0.25, -0.2) is 9.69 Å². The van der Waals surface area contributed by atoms with Crippen molar-refractivity contribution in [2.75, 3.05) is 4.90 Å². The van der Waals surface area contributed by atoms with Crippen molar-refractivity contribution >= 4 is 58.0 Å². The van der Waals surface area contributed by atoms with Gasteiger partial charge in [0.25, 0.3) is 5.91 Å². The van der Waals surface area contributed by atoms with E-state index in [1.54, 1.807) is 24.3 Å². The summed E-state index contributed by atoms with van der Waals surface area (Å²) in [6.45, 7) is 0. The summed E-state index contributed by atoms with van der Waals surface area (Å²) in [5.74, 6) is -3.33. The van der Waals surface area contributed by atoms with Crippen molar-refractivity contribution in [1.82, 2.24) is 5.32 Å². The van der Waals surface area contributed by atoms with Crippen molar-refractivity contribution in [3.05, 3.63) is 57.7 Å². The summed E-state index contributed by atoms with van der Waals surface area (Å²) in [7, 11) is 0. The molecule has 1 N–H and O–H groups in total. The molecule has 0 bridgehead atoms. The molecule has 3 rings (SSSR count). The number of barbiturate groups is 1. The Labute approximate surface area is 170 Å². The van der Waals surface area contributed by atoms with Crippen LogP contribution in [0.15, 0.2) is 53.5 Å². The third-order valence-electron chi connectivity index (χ3n) is 3.85. The lowest BCUT2D eigenvalue weighted by atomic mass is 10.1. The molecule has 1 heterocycles. The standard InChI is InChI=1S/C18H11F3IN3O3/c19-18(20,21)10-4-3-5-11(8-10)25-16(27)12(15(26)24-17(25)28)9-23-14-7-2-1-6-13(14)22/h1-9,12H,(H,24,26,28)/t12-/m0/s1. The summed E-state index contributed by atoms with van der Waals surface area (Å²) < 4.78 is 39.6. The number of aliphatic imine (C=N–C) groups is 1. The SMILES string of the molecule is O=C1NC(=O)N(c2cccc(C(F)(F)F)c2)C(=O)[C@H]1C=Nc1ccccc1I. The molecule has 1 fully saturated rings. The fraction of sp³-hybridized carbons (Fsp3) is 0.111. The van der Waals surface area contributed by atoms with E-state index >= 15 is 0 Å². The predicted molar refractivity (Wildman–Crippen MR) is 103 cm³/mol. The van der Waals surface area contributed by atoms with Crippen LogP contribution in [0, 0.1) is 9.49 Å². The van der Waals surface area contributed by atoms with Gasteiger partial charge < -0.3 is 0 Å². The number of para-hydroxylation sites is 1. The van der Waals surface area contributed by atoms with Crippen LogP contribution in [0.2, 0.25) is 0 Å². The lowest BCUT2D eigenvalue weighted by Crippen LogP contribution is -2.58. The monoisotopic (exact) mass is 501 g/mol. The molecule has 1 aliphatic heterocycles. The number of urea groups is 1. The fourth-order valence-electron chi connectivity index (χ4n) is 2.50. The zero-order valence-electron chi connectivity index (χ0n) is 13.9.